The van der Waals surface area contributed by atoms with Gasteiger partial charge in [0.15, 0.2) is 0 Å². The van der Waals surface area contributed by atoms with Gasteiger partial charge in [-0.2, -0.15) is 0 Å². The van der Waals surface area contributed by atoms with Crippen molar-refractivity contribution in [3.63, 3.8) is 0 Å². The maximum atomic E-state index is 11.1. The van der Waals surface area contributed by atoms with Crippen molar-refractivity contribution in [3.8, 4) is 0 Å². The van der Waals surface area contributed by atoms with E-state index in [1.807, 2.05) is 13.8 Å². The standard InChI is InChI=1S/C10H20O4/c1-5-13-10(11)6-8(2)9(3)14-7-12-4/h8-9H,5-7H2,1-4H3/t8-,9-/m0/s1. The van der Waals surface area contributed by atoms with Gasteiger partial charge >= 0.3 is 5.97 Å². The molecule has 84 valence electrons. The fourth-order valence-corrected chi connectivity index (χ4v) is 0.988. The SMILES string of the molecule is CCOC(=O)C[C@H](C)[C@H](C)OCOC. The van der Waals surface area contributed by atoms with Gasteiger partial charge in [0, 0.05) is 7.11 Å². The van der Waals surface area contributed by atoms with Crippen LogP contribution in [0.4, 0.5) is 0 Å². The summed E-state index contributed by atoms with van der Waals surface area (Å²) < 4.78 is 14.9. The summed E-state index contributed by atoms with van der Waals surface area (Å²) in [7, 11) is 1.57. The normalized spacial score (nSPS) is 14.9. The van der Waals surface area contributed by atoms with Gasteiger partial charge < -0.3 is 14.2 Å². The molecule has 0 saturated heterocycles. The predicted molar refractivity (Wildman–Crippen MR) is 52.8 cm³/mol. The van der Waals surface area contributed by atoms with E-state index in [4.69, 9.17) is 14.2 Å². The van der Waals surface area contributed by atoms with Crippen LogP contribution in [0.3, 0.4) is 0 Å². The lowest BCUT2D eigenvalue weighted by Crippen LogP contribution is -2.22. The Morgan fingerprint density at radius 2 is 2.00 bits per heavy atom. The van der Waals surface area contributed by atoms with Crippen molar-refractivity contribution < 1.29 is 19.0 Å². The molecule has 2 atom stereocenters. The first-order chi connectivity index (χ1) is 6.61. The van der Waals surface area contributed by atoms with E-state index < -0.39 is 0 Å². The van der Waals surface area contributed by atoms with Crippen LogP contribution in [0.25, 0.3) is 0 Å². The summed E-state index contributed by atoms with van der Waals surface area (Å²) in [5.74, 6) is -0.0305. The van der Waals surface area contributed by atoms with Gasteiger partial charge in [0.05, 0.1) is 19.1 Å². The number of hydrogen-bond acceptors (Lipinski definition) is 4. The molecule has 0 N–H and O–H groups in total. The fraction of sp³-hybridized carbons (Fsp3) is 0.900. The lowest BCUT2D eigenvalue weighted by molar-refractivity contribution is -0.146. The van der Waals surface area contributed by atoms with Crippen molar-refractivity contribution >= 4 is 5.97 Å². The summed E-state index contributed by atoms with van der Waals surface area (Å²) in [6.45, 7) is 6.36. The van der Waals surface area contributed by atoms with Crippen LogP contribution in [0.1, 0.15) is 27.2 Å². The van der Waals surface area contributed by atoms with Gasteiger partial charge in [0.1, 0.15) is 6.79 Å². The highest BCUT2D eigenvalue weighted by atomic mass is 16.7. The largest absolute Gasteiger partial charge is 0.466 e. The monoisotopic (exact) mass is 204 g/mol. The van der Waals surface area contributed by atoms with Gasteiger partial charge in [0.2, 0.25) is 0 Å². The van der Waals surface area contributed by atoms with Crippen molar-refractivity contribution in [1.29, 1.82) is 0 Å². The Kier molecular flexibility index (Phi) is 7.42. The zero-order chi connectivity index (χ0) is 11.0. The molecule has 4 heteroatoms. The highest BCUT2D eigenvalue weighted by molar-refractivity contribution is 5.69. The zero-order valence-corrected chi connectivity index (χ0v) is 9.41. The molecular weight excluding hydrogens is 184 g/mol. The molecule has 0 bridgehead atoms. The van der Waals surface area contributed by atoms with Gasteiger partial charge in [-0.05, 0) is 19.8 Å². The van der Waals surface area contributed by atoms with Crippen LogP contribution in [0.5, 0.6) is 0 Å². The molecule has 0 aromatic rings. The minimum Gasteiger partial charge on any atom is -0.466 e. The molecular formula is C10H20O4. The molecule has 0 saturated carbocycles. The van der Waals surface area contributed by atoms with Gasteiger partial charge in [-0.15, -0.1) is 0 Å². The van der Waals surface area contributed by atoms with Crippen LogP contribution in [-0.2, 0) is 19.0 Å². The lowest BCUT2D eigenvalue weighted by atomic mass is 10.0. The number of carbonyl (C=O) groups excluding carboxylic acids is 1. The topological polar surface area (TPSA) is 44.8 Å². The van der Waals surface area contributed by atoms with Gasteiger partial charge in [0.25, 0.3) is 0 Å². The summed E-state index contributed by atoms with van der Waals surface area (Å²) in [5.41, 5.74) is 0. The van der Waals surface area contributed by atoms with E-state index in [1.54, 1.807) is 14.0 Å². The third kappa shape index (κ3) is 5.94. The average Bonchev–Trinajstić information content (AvgIpc) is 2.14. The predicted octanol–water partition coefficient (Wildman–Crippen LogP) is 1.58. The highest BCUT2D eigenvalue weighted by Crippen LogP contribution is 2.12. The first-order valence-corrected chi connectivity index (χ1v) is 4.88. The fourth-order valence-electron chi connectivity index (χ4n) is 0.988. The van der Waals surface area contributed by atoms with Crippen molar-refractivity contribution in [2.75, 3.05) is 20.5 Å². The molecule has 0 aliphatic carbocycles. The Bertz CT molecular complexity index is 158. The van der Waals surface area contributed by atoms with Crippen molar-refractivity contribution in [2.45, 2.75) is 33.3 Å². The Balaban J connectivity index is 3.70. The zero-order valence-electron chi connectivity index (χ0n) is 9.41. The summed E-state index contributed by atoms with van der Waals surface area (Å²) in [4.78, 5) is 11.1. The number of carbonyl (C=O) groups is 1. The molecule has 0 aliphatic heterocycles. The van der Waals surface area contributed by atoms with Crippen molar-refractivity contribution in [3.05, 3.63) is 0 Å². The summed E-state index contributed by atoms with van der Waals surface area (Å²) >= 11 is 0. The summed E-state index contributed by atoms with van der Waals surface area (Å²) in [6.07, 6.45) is 0.387. The summed E-state index contributed by atoms with van der Waals surface area (Å²) in [5, 5.41) is 0. The molecule has 14 heavy (non-hydrogen) atoms. The van der Waals surface area contributed by atoms with Crippen molar-refractivity contribution in [1.82, 2.24) is 0 Å². The molecule has 0 radical (unpaired) electrons. The third-order valence-electron chi connectivity index (χ3n) is 2.04. The summed E-state index contributed by atoms with van der Waals surface area (Å²) in [6, 6.07) is 0. The second kappa shape index (κ2) is 7.76. The average molecular weight is 204 g/mol. The van der Waals surface area contributed by atoms with E-state index in [0.717, 1.165) is 0 Å². The minimum atomic E-state index is -0.173. The molecule has 0 unspecified atom stereocenters. The van der Waals surface area contributed by atoms with E-state index in [0.29, 0.717) is 13.0 Å². The number of rotatable bonds is 7. The Morgan fingerprint density at radius 3 is 2.50 bits per heavy atom. The third-order valence-corrected chi connectivity index (χ3v) is 2.04. The minimum absolute atomic E-state index is 0.000596. The maximum absolute atomic E-state index is 11.1. The number of methoxy groups -OCH3 is 1. The van der Waals surface area contributed by atoms with Crippen LogP contribution in [-0.4, -0.2) is 32.6 Å². The van der Waals surface area contributed by atoms with E-state index in [9.17, 15) is 4.79 Å². The second-order valence-electron chi connectivity index (χ2n) is 3.26. The molecule has 0 fully saturated rings. The van der Waals surface area contributed by atoms with E-state index in [2.05, 4.69) is 0 Å². The second-order valence-corrected chi connectivity index (χ2v) is 3.26. The smallest absolute Gasteiger partial charge is 0.306 e. The number of esters is 1. The van der Waals surface area contributed by atoms with E-state index in [1.165, 1.54) is 0 Å². The van der Waals surface area contributed by atoms with Crippen molar-refractivity contribution in [2.24, 2.45) is 5.92 Å². The van der Waals surface area contributed by atoms with Crippen LogP contribution < -0.4 is 0 Å². The maximum Gasteiger partial charge on any atom is 0.306 e. The molecule has 4 nitrogen and oxygen atoms in total. The Morgan fingerprint density at radius 1 is 1.36 bits per heavy atom. The van der Waals surface area contributed by atoms with Gasteiger partial charge in [-0.1, -0.05) is 6.92 Å². The van der Waals surface area contributed by atoms with E-state index in [-0.39, 0.29) is 24.8 Å². The quantitative estimate of drug-likeness (QED) is 0.466. The molecule has 0 aliphatic rings. The molecule has 0 amide bonds. The number of hydrogen-bond donors (Lipinski definition) is 0. The molecule has 0 rings (SSSR count). The Hall–Kier alpha value is -0.610. The van der Waals surface area contributed by atoms with Gasteiger partial charge in [-0.3, -0.25) is 4.79 Å². The first-order valence-electron chi connectivity index (χ1n) is 4.88. The molecule has 0 aromatic heterocycles. The van der Waals surface area contributed by atoms with Gasteiger partial charge in [-0.25, -0.2) is 0 Å². The van der Waals surface area contributed by atoms with Crippen LogP contribution >= 0.6 is 0 Å². The van der Waals surface area contributed by atoms with E-state index >= 15 is 0 Å². The highest BCUT2D eigenvalue weighted by Gasteiger charge is 2.17. The Labute approximate surface area is 85.5 Å². The van der Waals surface area contributed by atoms with Crippen LogP contribution in [0.15, 0.2) is 0 Å². The first kappa shape index (κ1) is 13.4. The number of ether oxygens (including phenoxy) is 3. The van der Waals surface area contributed by atoms with Crippen LogP contribution in [0, 0.1) is 5.92 Å². The van der Waals surface area contributed by atoms with Crippen LogP contribution in [0.2, 0.25) is 0 Å². The molecule has 0 spiro atoms. The molecule has 0 aromatic carbocycles. The lowest BCUT2D eigenvalue weighted by Gasteiger charge is -2.18. The molecule has 0 heterocycles.